The normalized spacial score (nSPS) is 27.4. The Labute approximate surface area is 164 Å². The number of aromatic nitrogens is 4. The lowest BCUT2D eigenvalue weighted by atomic mass is 9.75. The molecule has 0 radical (unpaired) electrons. The maximum absolute atomic E-state index is 13.5. The number of hydrogen-bond donors (Lipinski definition) is 0. The molecule has 3 fully saturated rings. The lowest BCUT2D eigenvalue weighted by molar-refractivity contribution is -0.136. The fraction of sp³-hybridized carbons (Fsp3) is 0.600. The molecule has 0 aromatic carbocycles. The van der Waals surface area contributed by atoms with Gasteiger partial charge in [-0.2, -0.15) is 5.10 Å². The number of likely N-dealkylation sites (tertiary alicyclic amines) is 2. The van der Waals surface area contributed by atoms with E-state index in [0.717, 1.165) is 25.2 Å². The summed E-state index contributed by atoms with van der Waals surface area (Å²) in [5, 5.41) is 4.26. The number of amides is 2. The maximum Gasteiger partial charge on any atom is 0.274 e. The monoisotopic (exact) mass is 382 g/mol. The first-order chi connectivity index (χ1) is 13.5. The minimum atomic E-state index is -0.562. The van der Waals surface area contributed by atoms with Crippen LogP contribution in [0.5, 0.6) is 0 Å². The van der Waals surface area contributed by atoms with Crippen LogP contribution in [0.1, 0.15) is 41.4 Å². The predicted octanol–water partition coefficient (Wildman–Crippen LogP) is 1.02. The van der Waals surface area contributed by atoms with Crippen LogP contribution in [-0.4, -0.2) is 67.1 Å². The Morgan fingerprint density at radius 3 is 2.79 bits per heavy atom. The van der Waals surface area contributed by atoms with E-state index in [-0.39, 0.29) is 17.7 Å². The number of carbonyl (C=O) groups is 2. The summed E-state index contributed by atoms with van der Waals surface area (Å²) in [6.07, 6.45) is 8.76. The minimum absolute atomic E-state index is 0.0712. The minimum Gasteiger partial charge on any atom is -0.342 e. The molecule has 0 N–H and O–H groups in total. The van der Waals surface area contributed by atoms with Crippen molar-refractivity contribution < 1.29 is 9.59 Å². The molecule has 2 atom stereocenters. The standard InChI is InChI=1S/C20H26N6O2/c1-23-11-17(21-13-23)15-10-26(18(27)16-5-7-24(2)22-16)12-20(15)6-8-25(19(20)28)9-14-3-4-14/h5,7,11,13-15H,3-4,6,8-10,12H2,1-2H3/t15-,20+/m1/s1. The summed E-state index contributed by atoms with van der Waals surface area (Å²) in [6, 6.07) is 1.74. The smallest absolute Gasteiger partial charge is 0.274 e. The number of aryl methyl sites for hydroxylation is 2. The summed E-state index contributed by atoms with van der Waals surface area (Å²) in [7, 11) is 3.74. The second kappa shape index (κ2) is 6.18. The summed E-state index contributed by atoms with van der Waals surface area (Å²) in [5.74, 6) is 0.691. The van der Waals surface area contributed by atoms with Crippen molar-refractivity contribution in [3.8, 4) is 0 Å². The van der Waals surface area contributed by atoms with Gasteiger partial charge >= 0.3 is 0 Å². The van der Waals surface area contributed by atoms with Crippen LogP contribution in [0.3, 0.4) is 0 Å². The maximum atomic E-state index is 13.5. The molecule has 8 heteroatoms. The zero-order chi connectivity index (χ0) is 19.5. The van der Waals surface area contributed by atoms with E-state index in [1.807, 2.05) is 22.7 Å². The Kier molecular flexibility index (Phi) is 3.86. The molecule has 28 heavy (non-hydrogen) atoms. The molecule has 5 rings (SSSR count). The third-order valence-corrected chi connectivity index (χ3v) is 6.56. The van der Waals surface area contributed by atoms with Crippen LogP contribution in [0.4, 0.5) is 0 Å². The number of rotatable bonds is 4. The van der Waals surface area contributed by atoms with Crippen LogP contribution in [0.2, 0.25) is 0 Å². The highest BCUT2D eigenvalue weighted by molar-refractivity contribution is 5.94. The molecule has 2 aliphatic heterocycles. The molecule has 2 aromatic heterocycles. The molecule has 8 nitrogen and oxygen atoms in total. The van der Waals surface area contributed by atoms with Gasteiger partial charge in [0.1, 0.15) is 5.69 Å². The first-order valence-electron chi connectivity index (χ1n) is 10.0. The Bertz CT molecular complexity index is 929. The lowest BCUT2D eigenvalue weighted by Gasteiger charge is -2.27. The molecule has 4 heterocycles. The lowest BCUT2D eigenvalue weighted by Crippen LogP contribution is -2.41. The van der Waals surface area contributed by atoms with E-state index in [2.05, 4.69) is 10.1 Å². The Balaban J connectivity index is 1.46. The van der Waals surface area contributed by atoms with Gasteiger partial charge in [-0.3, -0.25) is 14.3 Å². The van der Waals surface area contributed by atoms with E-state index in [1.165, 1.54) is 12.8 Å². The van der Waals surface area contributed by atoms with Crippen molar-refractivity contribution in [2.24, 2.45) is 25.4 Å². The number of nitrogens with zero attached hydrogens (tertiary/aromatic N) is 6. The first-order valence-corrected chi connectivity index (χ1v) is 10.0. The van der Waals surface area contributed by atoms with Crippen LogP contribution in [0, 0.1) is 11.3 Å². The SMILES string of the molecule is Cn1cnc([C@H]2CN(C(=O)c3ccn(C)n3)C[C@@]23CCN(CC2CC2)C3=O)c1. The van der Waals surface area contributed by atoms with Gasteiger partial charge < -0.3 is 14.4 Å². The average molecular weight is 382 g/mol. The molecule has 2 aromatic rings. The molecule has 148 valence electrons. The van der Waals surface area contributed by atoms with Crippen molar-refractivity contribution in [1.29, 1.82) is 0 Å². The van der Waals surface area contributed by atoms with Crippen molar-refractivity contribution >= 4 is 11.8 Å². The van der Waals surface area contributed by atoms with Crippen LogP contribution in [0.15, 0.2) is 24.8 Å². The van der Waals surface area contributed by atoms with E-state index in [4.69, 9.17) is 0 Å². The van der Waals surface area contributed by atoms with Gasteiger partial charge in [-0.15, -0.1) is 0 Å². The van der Waals surface area contributed by atoms with E-state index >= 15 is 0 Å². The zero-order valence-electron chi connectivity index (χ0n) is 16.4. The molecule has 2 amide bonds. The van der Waals surface area contributed by atoms with Crippen LogP contribution < -0.4 is 0 Å². The molecule has 1 saturated carbocycles. The van der Waals surface area contributed by atoms with Crippen molar-refractivity contribution in [3.63, 3.8) is 0 Å². The number of hydrogen-bond acceptors (Lipinski definition) is 4. The van der Waals surface area contributed by atoms with Gasteiger partial charge in [0, 0.05) is 58.6 Å². The van der Waals surface area contributed by atoms with Gasteiger partial charge in [0.05, 0.1) is 17.4 Å². The largest absolute Gasteiger partial charge is 0.342 e. The molecule has 1 spiro atoms. The van der Waals surface area contributed by atoms with Gasteiger partial charge in [0.2, 0.25) is 5.91 Å². The zero-order valence-corrected chi connectivity index (χ0v) is 16.4. The van der Waals surface area contributed by atoms with E-state index < -0.39 is 5.41 Å². The van der Waals surface area contributed by atoms with Gasteiger partial charge in [-0.05, 0) is 31.2 Å². The van der Waals surface area contributed by atoms with Crippen molar-refractivity contribution in [2.45, 2.75) is 25.2 Å². The predicted molar refractivity (Wildman–Crippen MR) is 101 cm³/mol. The van der Waals surface area contributed by atoms with Crippen LogP contribution >= 0.6 is 0 Å². The van der Waals surface area contributed by atoms with Crippen molar-refractivity contribution in [3.05, 3.63) is 36.2 Å². The molecule has 1 aliphatic carbocycles. The molecular formula is C20H26N6O2. The van der Waals surface area contributed by atoms with E-state index in [0.29, 0.717) is 24.7 Å². The van der Waals surface area contributed by atoms with Crippen molar-refractivity contribution in [1.82, 2.24) is 29.1 Å². The summed E-state index contributed by atoms with van der Waals surface area (Å²) >= 11 is 0. The summed E-state index contributed by atoms with van der Waals surface area (Å²) in [5.41, 5.74) is 0.772. The molecule has 3 aliphatic rings. The average Bonchev–Trinajstić information content (AvgIpc) is 3.01. The van der Waals surface area contributed by atoms with Gasteiger partial charge in [0.25, 0.3) is 5.91 Å². The summed E-state index contributed by atoms with van der Waals surface area (Å²) in [6.45, 7) is 2.60. The molecule has 2 saturated heterocycles. The number of imidazole rings is 1. The second-order valence-electron chi connectivity index (χ2n) is 8.68. The molecule has 0 unspecified atom stereocenters. The topological polar surface area (TPSA) is 76.3 Å². The number of carbonyl (C=O) groups excluding carboxylic acids is 2. The van der Waals surface area contributed by atoms with Crippen LogP contribution in [0.25, 0.3) is 0 Å². The summed E-state index contributed by atoms with van der Waals surface area (Å²) in [4.78, 5) is 35.0. The van der Waals surface area contributed by atoms with Gasteiger partial charge in [-0.25, -0.2) is 4.98 Å². The molecular weight excluding hydrogens is 356 g/mol. The van der Waals surface area contributed by atoms with E-state index in [9.17, 15) is 9.59 Å². The van der Waals surface area contributed by atoms with E-state index in [1.54, 1.807) is 35.2 Å². The highest BCUT2D eigenvalue weighted by atomic mass is 16.2. The fourth-order valence-electron chi connectivity index (χ4n) is 4.86. The third-order valence-electron chi connectivity index (χ3n) is 6.56. The first kappa shape index (κ1) is 17.5. The summed E-state index contributed by atoms with van der Waals surface area (Å²) < 4.78 is 3.54. The Morgan fingerprint density at radius 1 is 1.32 bits per heavy atom. The highest BCUT2D eigenvalue weighted by Crippen LogP contribution is 2.50. The van der Waals surface area contributed by atoms with Crippen molar-refractivity contribution in [2.75, 3.05) is 26.2 Å². The fourth-order valence-corrected chi connectivity index (χ4v) is 4.86. The second-order valence-corrected chi connectivity index (χ2v) is 8.68. The van der Waals surface area contributed by atoms with Gasteiger partial charge in [0.15, 0.2) is 0 Å². The third kappa shape index (κ3) is 2.73. The quantitative estimate of drug-likeness (QED) is 0.791. The highest BCUT2D eigenvalue weighted by Gasteiger charge is 2.59. The van der Waals surface area contributed by atoms with Gasteiger partial charge in [-0.1, -0.05) is 0 Å². The van der Waals surface area contributed by atoms with Crippen LogP contribution in [-0.2, 0) is 18.9 Å². The Morgan fingerprint density at radius 2 is 2.14 bits per heavy atom. The molecule has 0 bridgehead atoms. The Hall–Kier alpha value is -2.64.